The fourth-order valence-corrected chi connectivity index (χ4v) is 2.01. The Hall–Kier alpha value is -3.17. The summed E-state index contributed by atoms with van der Waals surface area (Å²) in [7, 11) is 0. The molecule has 0 aliphatic heterocycles. The molecule has 0 atom stereocenters. The average Bonchev–Trinajstić information content (AvgIpc) is 2.52. The first-order chi connectivity index (χ1) is 11.0. The number of nitro benzene ring substituents is 1. The van der Waals surface area contributed by atoms with Gasteiger partial charge in [0.25, 0.3) is 11.6 Å². The van der Waals surface area contributed by atoms with E-state index in [-0.39, 0.29) is 16.9 Å². The van der Waals surface area contributed by atoms with Crippen LogP contribution in [0.25, 0.3) is 6.08 Å². The van der Waals surface area contributed by atoms with Crippen LogP contribution < -0.4 is 5.32 Å². The van der Waals surface area contributed by atoms with Crippen LogP contribution in [-0.4, -0.2) is 10.8 Å². The molecule has 2 aromatic carbocycles. The van der Waals surface area contributed by atoms with Crippen molar-refractivity contribution >= 4 is 35.0 Å². The number of amides is 1. The lowest BCUT2D eigenvalue weighted by atomic mass is 10.1. The maximum atomic E-state index is 12.1. The Morgan fingerprint density at radius 3 is 2.65 bits per heavy atom. The number of halogens is 1. The molecule has 0 aromatic heterocycles. The molecular weight excluding hydrogens is 318 g/mol. The van der Waals surface area contributed by atoms with Crippen LogP contribution in [0.1, 0.15) is 5.56 Å². The van der Waals surface area contributed by atoms with Crippen LogP contribution in [0.5, 0.6) is 0 Å². The first-order valence-corrected chi connectivity index (χ1v) is 6.80. The molecule has 2 rings (SSSR count). The van der Waals surface area contributed by atoms with E-state index in [9.17, 15) is 14.9 Å². The Balaban J connectivity index is 2.23. The topological polar surface area (TPSA) is 96.0 Å². The Labute approximate surface area is 136 Å². The molecule has 0 aliphatic carbocycles. The van der Waals surface area contributed by atoms with Crippen molar-refractivity contribution in [1.82, 2.24) is 0 Å². The van der Waals surface area contributed by atoms with Crippen LogP contribution >= 0.6 is 11.6 Å². The smallest absolute Gasteiger partial charge is 0.271 e. The third-order valence-corrected chi connectivity index (χ3v) is 3.07. The van der Waals surface area contributed by atoms with Gasteiger partial charge in [0.15, 0.2) is 0 Å². The lowest BCUT2D eigenvalue weighted by molar-refractivity contribution is -0.384. The number of benzene rings is 2. The molecule has 0 saturated heterocycles. The predicted molar refractivity (Wildman–Crippen MR) is 86.8 cm³/mol. The summed E-state index contributed by atoms with van der Waals surface area (Å²) in [6, 6.07) is 13.9. The maximum absolute atomic E-state index is 12.1. The zero-order valence-corrected chi connectivity index (χ0v) is 12.4. The number of carbonyl (C=O) groups excluding carboxylic acids is 1. The first-order valence-electron chi connectivity index (χ1n) is 6.43. The van der Waals surface area contributed by atoms with Gasteiger partial charge < -0.3 is 5.32 Å². The standard InChI is InChI=1S/C16H10ClN3O3/c17-13-4-1-3-11(8-13)7-12(10-18)16(21)19-14-5-2-6-15(9-14)20(22)23/h1-9H,(H,19,21)/b12-7+. The predicted octanol–water partition coefficient (Wildman–Crippen LogP) is 3.79. The van der Waals surface area contributed by atoms with Gasteiger partial charge in [-0.3, -0.25) is 14.9 Å². The summed E-state index contributed by atoms with van der Waals surface area (Å²) >= 11 is 5.85. The Kier molecular flexibility index (Phi) is 5.07. The molecular formula is C16H10ClN3O3. The summed E-state index contributed by atoms with van der Waals surface area (Å²) in [6.45, 7) is 0. The lowest BCUT2D eigenvalue weighted by Crippen LogP contribution is -2.13. The zero-order valence-electron chi connectivity index (χ0n) is 11.7. The highest BCUT2D eigenvalue weighted by Gasteiger charge is 2.12. The van der Waals surface area contributed by atoms with Gasteiger partial charge in [-0.15, -0.1) is 0 Å². The van der Waals surface area contributed by atoms with E-state index in [1.54, 1.807) is 30.3 Å². The van der Waals surface area contributed by atoms with E-state index in [1.807, 2.05) is 0 Å². The molecule has 0 fully saturated rings. The quantitative estimate of drug-likeness (QED) is 0.400. The van der Waals surface area contributed by atoms with Crippen molar-refractivity contribution in [3.05, 3.63) is 74.8 Å². The summed E-state index contributed by atoms with van der Waals surface area (Å²) in [5.41, 5.74) is 0.540. The molecule has 7 heteroatoms. The van der Waals surface area contributed by atoms with Gasteiger partial charge in [0.1, 0.15) is 11.6 Å². The molecule has 0 saturated carbocycles. The number of anilines is 1. The third kappa shape index (κ3) is 4.40. The molecule has 0 aliphatic rings. The third-order valence-electron chi connectivity index (χ3n) is 2.84. The largest absolute Gasteiger partial charge is 0.321 e. The van der Waals surface area contributed by atoms with Crippen LogP contribution in [0.4, 0.5) is 11.4 Å². The highest BCUT2D eigenvalue weighted by Crippen LogP contribution is 2.18. The van der Waals surface area contributed by atoms with Crippen molar-refractivity contribution in [1.29, 1.82) is 5.26 Å². The number of rotatable bonds is 4. The van der Waals surface area contributed by atoms with Crippen LogP contribution in [0.3, 0.4) is 0 Å². The fourth-order valence-electron chi connectivity index (χ4n) is 1.81. The number of carbonyl (C=O) groups is 1. The minimum absolute atomic E-state index is 0.140. The van der Waals surface area contributed by atoms with Crippen molar-refractivity contribution in [2.75, 3.05) is 5.32 Å². The number of non-ortho nitro benzene ring substituents is 1. The number of hydrogen-bond acceptors (Lipinski definition) is 4. The molecule has 1 N–H and O–H groups in total. The summed E-state index contributed by atoms with van der Waals surface area (Å²) in [5.74, 6) is -0.659. The van der Waals surface area contributed by atoms with Gasteiger partial charge in [0.2, 0.25) is 0 Å². The van der Waals surface area contributed by atoms with Crippen LogP contribution in [0.2, 0.25) is 5.02 Å². The van der Waals surface area contributed by atoms with Crippen molar-refractivity contribution in [3.63, 3.8) is 0 Å². The molecule has 0 spiro atoms. The summed E-state index contributed by atoms with van der Waals surface area (Å²) in [5, 5.41) is 22.8. The van der Waals surface area contributed by atoms with Crippen molar-refractivity contribution in [2.24, 2.45) is 0 Å². The normalized spacial score (nSPS) is 10.7. The van der Waals surface area contributed by atoms with Crippen molar-refractivity contribution in [2.45, 2.75) is 0 Å². The maximum Gasteiger partial charge on any atom is 0.271 e. The van der Waals surface area contributed by atoms with Crippen molar-refractivity contribution < 1.29 is 9.72 Å². The number of nitrogens with one attached hydrogen (secondary N) is 1. The van der Waals surface area contributed by atoms with E-state index >= 15 is 0 Å². The van der Waals surface area contributed by atoms with Crippen LogP contribution in [0, 0.1) is 21.4 Å². The molecule has 6 nitrogen and oxygen atoms in total. The van der Waals surface area contributed by atoms with Crippen molar-refractivity contribution in [3.8, 4) is 6.07 Å². The van der Waals surface area contributed by atoms with Gasteiger partial charge in [0.05, 0.1) is 4.92 Å². The number of nitro groups is 1. The van der Waals surface area contributed by atoms with Gasteiger partial charge in [-0.05, 0) is 29.8 Å². The monoisotopic (exact) mass is 327 g/mol. The van der Waals surface area contributed by atoms with E-state index in [4.69, 9.17) is 16.9 Å². The summed E-state index contributed by atoms with van der Waals surface area (Å²) in [6.07, 6.45) is 1.39. The van der Waals surface area contributed by atoms with E-state index in [0.717, 1.165) is 0 Å². The van der Waals surface area contributed by atoms with Gasteiger partial charge in [-0.2, -0.15) is 5.26 Å². The summed E-state index contributed by atoms with van der Waals surface area (Å²) in [4.78, 5) is 22.3. The van der Waals surface area contributed by atoms with Gasteiger partial charge in [-0.1, -0.05) is 29.8 Å². The fraction of sp³-hybridized carbons (Fsp3) is 0. The molecule has 0 unspecified atom stereocenters. The minimum Gasteiger partial charge on any atom is -0.321 e. The molecule has 0 bridgehead atoms. The molecule has 23 heavy (non-hydrogen) atoms. The Bertz CT molecular complexity index is 840. The highest BCUT2D eigenvalue weighted by atomic mass is 35.5. The molecule has 2 aromatic rings. The van der Waals surface area contributed by atoms with Crippen LogP contribution in [0.15, 0.2) is 54.1 Å². The second-order valence-corrected chi connectivity index (χ2v) is 4.92. The molecule has 0 heterocycles. The van der Waals surface area contributed by atoms with Gasteiger partial charge in [0, 0.05) is 22.8 Å². The highest BCUT2D eigenvalue weighted by molar-refractivity contribution is 6.30. The second kappa shape index (κ2) is 7.20. The molecule has 114 valence electrons. The van der Waals surface area contributed by atoms with Gasteiger partial charge >= 0.3 is 0 Å². The van der Waals surface area contributed by atoms with E-state index in [0.29, 0.717) is 10.6 Å². The SMILES string of the molecule is N#C/C(=C\c1cccc(Cl)c1)C(=O)Nc1cccc([N+](=O)[O-])c1. The Morgan fingerprint density at radius 2 is 2.00 bits per heavy atom. The van der Waals surface area contributed by atoms with E-state index < -0.39 is 10.8 Å². The van der Waals surface area contributed by atoms with Crippen LogP contribution in [-0.2, 0) is 4.79 Å². The lowest BCUT2D eigenvalue weighted by Gasteiger charge is -2.04. The second-order valence-electron chi connectivity index (χ2n) is 4.49. The average molecular weight is 328 g/mol. The van der Waals surface area contributed by atoms with Gasteiger partial charge in [-0.25, -0.2) is 0 Å². The number of nitrogens with zero attached hydrogens (tertiary/aromatic N) is 2. The summed E-state index contributed by atoms with van der Waals surface area (Å²) < 4.78 is 0. The molecule has 0 radical (unpaired) electrons. The van der Waals surface area contributed by atoms with E-state index in [2.05, 4.69) is 5.32 Å². The zero-order chi connectivity index (χ0) is 16.8. The molecule has 1 amide bonds. The van der Waals surface area contributed by atoms with E-state index in [1.165, 1.54) is 30.3 Å². The Morgan fingerprint density at radius 1 is 1.26 bits per heavy atom. The number of hydrogen-bond donors (Lipinski definition) is 1. The minimum atomic E-state index is -0.659. The first kappa shape index (κ1) is 16.2. The number of nitriles is 1.